The minimum atomic E-state index is 0.0232. The summed E-state index contributed by atoms with van der Waals surface area (Å²) in [5, 5.41) is 6.24. The average molecular weight is 287 g/mol. The molecule has 3 rings (SSSR count). The van der Waals surface area contributed by atoms with Crippen LogP contribution in [0.25, 0.3) is 11.1 Å². The first kappa shape index (κ1) is 14.1. The zero-order valence-electron chi connectivity index (χ0n) is 12.5. The van der Waals surface area contributed by atoms with Gasteiger partial charge in [0.25, 0.3) is 0 Å². The Bertz CT molecular complexity index is 644. The van der Waals surface area contributed by atoms with Gasteiger partial charge in [0.1, 0.15) is 5.52 Å². The van der Waals surface area contributed by atoms with Gasteiger partial charge >= 0.3 is 0 Å². The van der Waals surface area contributed by atoms with Gasteiger partial charge in [-0.2, -0.15) is 0 Å². The summed E-state index contributed by atoms with van der Waals surface area (Å²) in [5.74, 6) is 1.00. The quantitative estimate of drug-likeness (QED) is 0.857. The summed E-state index contributed by atoms with van der Waals surface area (Å²) in [6.07, 6.45) is 2.97. The van der Waals surface area contributed by atoms with Crippen molar-refractivity contribution in [3.8, 4) is 0 Å². The van der Waals surface area contributed by atoms with E-state index in [1.165, 1.54) is 12.8 Å². The number of hydrogen-bond acceptors (Lipinski definition) is 4. The molecule has 5 heteroatoms. The Labute approximate surface area is 124 Å². The van der Waals surface area contributed by atoms with Crippen molar-refractivity contribution in [2.24, 2.45) is 0 Å². The average Bonchev–Trinajstić information content (AvgIpc) is 3.15. The number of benzene rings is 1. The van der Waals surface area contributed by atoms with Crippen LogP contribution in [0.2, 0.25) is 0 Å². The Morgan fingerprint density at radius 2 is 2.24 bits per heavy atom. The lowest BCUT2D eigenvalue weighted by Crippen LogP contribution is -2.23. The molecule has 2 aromatic rings. The van der Waals surface area contributed by atoms with Crippen molar-refractivity contribution in [1.82, 2.24) is 10.3 Å². The SMILES string of the molecule is CC(C)c1nc2cc(NC(=O)CCNC3CC3)ccc2o1. The first-order chi connectivity index (χ1) is 10.1. The van der Waals surface area contributed by atoms with Gasteiger partial charge in [0.15, 0.2) is 11.5 Å². The molecule has 0 aliphatic heterocycles. The normalized spacial score (nSPS) is 14.8. The Morgan fingerprint density at radius 3 is 2.95 bits per heavy atom. The van der Waals surface area contributed by atoms with Crippen LogP contribution in [0.5, 0.6) is 0 Å². The number of amides is 1. The van der Waals surface area contributed by atoms with Gasteiger partial charge in [-0.3, -0.25) is 4.79 Å². The van der Waals surface area contributed by atoms with E-state index in [1.807, 2.05) is 32.0 Å². The van der Waals surface area contributed by atoms with Crippen molar-refractivity contribution in [2.75, 3.05) is 11.9 Å². The molecule has 1 aliphatic carbocycles. The maximum Gasteiger partial charge on any atom is 0.225 e. The van der Waals surface area contributed by atoms with Gasteiger partial charge in [-0.05, 0) is 31.0 Å². The van der Waals surface area contributed by atoms with Crippen LogP contribution in [0, 0.1) is 0 Å². The van der Waals surface area contributed by atoms with Crippen LogP contribution in [-0.4, -0.2) is 23.5 Å². The largest absolute Gasteiger partial charge is 0.440 e. The van der Waals surface area contributed by atoms with Gasteiger partial charge in [-0.25, -0.2) is 4.98 Å². The highest BCUT2D eigenvalue weighted by Gasteiger charge is 2.20. The lowest BCUT2D eigenvalue weighted by atomic mass is 10.2. The zero-order chi connectivity index (χ0) is 14.8. The molecule has 0 bridgehead atoms. The first-order valence-electron chi connectivity index (χ1n) is 7.55. The van der Waals surface area contributed by atoms with E-state index in [4.69, 9.17) is 4.42 Å². The molecule has 5 nitrogen and oxygen atoms in total. The summed E-state index contributed by atoms with van der Waals surface area (Å²) in [4.78, 5) is 16.3. The van der Waals surface area contributed by atoms with Crippen molar-refractivity contribution in [2.45, 2.75) is 45.1 Å². The van der Waals surface area contributed by atoms with Crippen LogP contribution in [0.15, 0.2) is 22.6 Å². The summed E-state index contributed by atoms with van der Waals surface area (Å²) in [7, 11) is 0. The third-order valence-corrected chi connectivity index (χ3v) is 3.54. The Morgan fingerprint density at radius 1 is 1.43 bits per heavy atom. The van der Waals surface area contributed by atoms with E-state index in [2.05, 4.69) is 15.6 Å². The molecule has 1 aliphatic rings. The van der Waals surface area contributed by atoms with Crippen molar-refractivity contribution < 1.29 is 9.21 Å². The van der Waals surface area contributed by atoms with Crippen LogP contribution in [-0.2, 0) is 4.79 Å². The first-order valence-corrected chi connectivity index (χ1v) is 7.55. The van der Waals surface area contributed by atoms with E-state index in [9.17, 15) is 4.79 Å². The van der Waals surface area contributed by atoms with E-state index >= 15 is 0 Å². The molecule has 1 saturated carbocycles. The Kier molecular flexibility index (Phi) is 3.92. The number of anilines is 1. The number of nitrogens with zero attached hydrogens (tertiary/aromatic N) is 1. The highest BCUT2D eigenvalue weighted by Crippen LogP contribution is 2.23. The smallest absolute Gasteiger partial charge is 0.225 e. The monoisotopic (exact) mass is 287 g/mol. The molecule has 0 saturated heterocycles. The molecule has 0 atom stereocenters. The molecule has 0 radical (unpaired) electrons. The van der Waals surface area contributed by atoms with Crippen molar-refractivity contribution >= 4 is 22.7 Å². The maximum atomic E-state index is 11.9. The van der Waals surface area contributed by atoms with Gasteiger partial charge in [-0.1, -0.05) is 13.8 Å². The summed E-state index contributed by atoms with van der Waals surface area (Å²) < 4.78 is 5.65. The predicted octanol–water partition coefficient (Wildman–Crippen LogP) is 3.03. The van der Waals surface area contributed by atoms with Crippen LogP contribution >= 0.6 is 0 Å². The fourth-order valence-electron chi connectivity index (χ4n) is 2.17. The number of fused-ring (bicyclic) bond motifs is 1. The molecule has 21 heavy (non-hydrogen) atoms. The topological polar surface area (TPSA) is 67.2 Å². The molecule has 1 fully saturated rings. The van der Waals surface area contributed by atoms with E-state index in [0.29, 0.717) is 12.5 Å². The second-order valence-electron chi connectivity index (χ2n) is 5.92. The predicted molar refractivity (Wildman–Crippen MR) is 82.4 cm³/mol. The second kappa shape index (κ2) is 5.85. The number of carbonyl (C=O) groups excluding carboxylic acids is 1. The van der Waals surface area contributed by atoms with E-state index in [0.717, 1.165) is 29.2 Å². The van der Waals surface area contributed by atoms with Crippen molar-refractivity contribution in [1.29, 1.82) is 0 Å². The minimum absolute atomic E-state index is 0.0232. The second-order valence-corrected chi connectivity index (χ2v) is 5.92. The number of carbonyl (C=O) groups is 1. The molecule has 0 spiro atoms. The molecular weight excluding hydrogens is 266 g/mol. The van der Waals surface area contributed by atoms with E-state index < -0.39 is 0 Å². The third kappa shape index (κ3) is 3.61. The standard InChI is InChI=1S/C16H21N3O2/c1-10(2)16-19-13-9-12(5-6-14(13)21-16)18-15(20)7-8-17-11-3-4-11/h5-6,9-11,17H,3-4,7-8H2,1-2H3,(H,18,20). The summed E-state index contributed by atoms with van der Waals surface area (Å²) in [5.41, 5.74) is 2.31. The summed E-state index contributed by atoms with van der Waals surface area (Å²) in [6, 6.07) is 6.20. The van der Waals surface area contributed by atoms with Crippen LogP contribution in [0.1, 0.15) is 44.9 Å². The van der Waals surface area contributed by atoms with Crippen LogP contribution in [0.4, 0.5) is 5.69 Å². The van der Waals surface area contributed by atoms with Crippen molar-refractivity contribution in [3.05, 3.63) is 24.1 Å². The molecule has 1 heterocycles. The number of oxazole rings is 1. The molecule has 0 unspecified atom stereocenters. The Balaban J connectivity index is 1.61. The van der Waals surface area contributed by atoms with Gasteiger partial charge in [0.05, 0.1) is 0 Å². The molecule has 1 aromatic carbocycles. The lowest BCUT2D eigenvalue weighted by molar-refractivity contribution is -0.116. The number of nitrogens with one attached hydrogen (secondary N) is 2. The number of hydrogen-bond donors (Lipinski definition) is 2. The van der Waals surface area contributed by atoms with Gasteiger partial charge in [-0.15, -0.1) is 0 Å². The molecule has 1 aromatic heterocycles. The third-order valence-electron chi connectivity index (χ3n) is 3.54. The van der Waals surface area contributed by atoms with Crippen molar-refractivity contribution in [3.63, 3.8) is 0 Å². The van der Waals surface area contributed by atoms with Gasteiger partial charge in [0.2, 0.25) is 5.91 Å². The Hall–Kier alpha value is -1.88. The fourth-order valence-corrected chi connectivity index (χ4v) is 2.17. The van der Waals surface area contributed by atoms with Gasteiger partial charge < -0.3 is 15.1 Å². The summed E-state index contributed by atoms with van der Waals surface area (Å²) in [6.45, 7) is 4.82. The molecule has 112 valence electrons. The molecule has 2 N–H and O–H groups in total. The van der Waals surface area contributed by atoms with Crippen LogP contribution < -0.4 is 10.6 Å². The number of rotatable bonds is 6. The summed E-state index contributed by atoms with van der Waals surface area (Å²) >= 11 is 0. The zero-order valence-corrected chi connectivity index (χ0v) is 12.5. The van der Waals surface area contributed by atoms with Crippen LogP contribution in [0.3, 0.4) is 0 Å². The highest BCUT2D eigenvalue weighted by atomic mass is 16.3. The maximum absolute atomic E-state index is 11.9. The highest BCUT2D eigenvalue weighted by molar-refractivity contribution is 5.92. The minimum Gasteiger partial charge on any atom is -0.440 e. The fraction of sp³-hybridized carbons (Fsp3) is 0.500. The molecular formula is C16H21N3O2. The number of aromatic nitrogens is 1. The van der Waals surface area contributed by atoms with E-state index in [-0.39, 0.29) is 11.8 Å². The molecule has 1 amide bonds. The van der Waals surface area contributed by atoms with E-state index in [1.54, 1.807) is 0 Å². The lowest BCUT2D eigenvalue weighted by Gasteiger charge is -2.05. The van der Waals surface area contributed by atoms with Gasteiger partial charge in [0, 0.05) is 30.6 Å².